The van der Waals surface area contributed by atoms with E-state index in [0.29, 0.717) is 18.3 Å². The van der Waals surface area contributed by atoms with Crippen LogP contribution in [0.2, 0.25) is 0 Å². The van der Waals surface area contributed by atoms with Gasteiger partial charge in [-0.15, -0.1) is 0 Å². The number of alkyl halides is 3. The van der Waals surface area contributed by atoms with E-state index < -0.39 is 30.5 Å². The average Bonchev–Trinajstić information content (AvgIpc) is 2.32. The number of nitrogens with one attached hydrogen (secondary N) is 1. The van der Waals surface area contributed by atoms with Crippen LogP contribution in [0.1, 0.15) is 58.3 Å². The zero-order valence-corrected chi connectivity index (χ0v) is 12.9. The molecule has 0 spiro atoms. The summed E-state index contributed by atoms with van der Waals surface area (Å²) in [6.45, 7) is 1.89. The lowest BCUT2D eigenvalue weighted by molar-refractivity contribution is -0.173. The molecule has 1 amide bonds. The van der Waals surface area contributed by atoms with Crippen molar-refractivity contribution in [2.45, 2.75) is 76.1 Å². The van der Waals surface area contributed by atoms with E-state index in [9.17, 15) is 23.1 Å². The molecule has 0 saturated heterocycles. The normalized spacial score (nSPS) is 41.5. The van der Waals surface area contributed by atoms with Crippen LogP contribution in [0, 0.1) is 17.3 Å². The molecule has 0 aliphatic heterocycles. The maximum atomic E-state index is 12.2. The molecule has 4 saturated carbocycles. The third kappa shape index (κ3) is 3.12. The van der Waals surface area contributed by atoms with Gasteiger partial charge >= 0.3 is 6.18 Å². The largest absolute Gasteiger partial charge is 0.390 e. The lowest BCUT2D eigenvalue weighted by atomic mass is 9.46. The zero-order valence-electron chi connectivity index (χ0n) is 12.9. The van der Waals surface area contributed by atoms with Gasteiger partial charge in [-0.2, -0.15) is 13.2 Å². The van der Waals surface area contributed by atoms with Crippen molar-refractivity contribution < 1.29 is 23.1 Å². The molecule has 0 aromatic rings. The molecule has 4 aliphatic rings. The number of hydrogen-bond donors (Lipinski definition) is 2. The fourth-order valence-electron chi connectivity index (χ4n) is 5.51. The zero-order chi connectivity index (χ0) is 16.2. The highest BCUT2D eigenvalue weighted by Gasteiger charge is 2.58. The van der Waals surface area contributed by atoms with Gasteiger partial charge in [-0.3, -0.25) is 4.79 Å². The average molecular weight is 319 g/mol. The fraction of sp³-hybridized carbons (Fsp3) is 0.938. The van der Waals surface area contributed by atoms with Crippen LogP contribution >= 0.6 is 0 Å². The van der Waals surface area contributed by atoms with Gasteiger partial charge in [0.05, 0.1) is 12.0 Å². The Hall–Kier alpha value is -0.780. The molecular weight excluding hydrogens is 295 g/mol. The minimum absolute atomic E-state index is 0.132. The van der Waals surface area contributed by atoms with Crippen molar-refractivity contribution in [1.82, 2.24) is 5.32 Å². The van der Waals surface area contributed by atoms with Gasteiger partial charge in [0, 0.05) is 12.5 Å². The molecule has 4 rings (SSSR count). The third-order valence-electron chi connectivity index (χ3n) is 6.01. The smallest absolute Gasteiger partial charge is 0.389 e. The number of rotatable bonds is 4. The number of amides is 1. The Morgan fingerprint density at radius 1 is 1.27 bits per heavy atom. The third-order valence-corrected chi connectivity index (χ3v) is 6.01. The first-order valence-corrected chi connectivity index (χ1v) is 8.18. The molecule has 3 nitrogen and oxygen atoms in total. The Bertz CT molecular complexity index is 449. The first-order valence-electron chi connectivity index (χ1n) is 8.18. The molecule has 126 valence electrons. The van der Waals surface area contributed by atoms with Crippen molar-refractivity contribution in [3.63, 3.8) is 0 Å². The predicted octanol–water partition coefficient (Wildman–Crippen LogP) is 3.16. The van der Waals surface area contributed by atoms with E-state index in [0.717, 1.165) is 32.1 Å². The fourth-order valence-corrected chi connectivity index (χ4v) is 5.51. The quantitative estimate of drug-likeness (QED) is 0.836. The van der Waals surface area contributed by atoms with Crippen LogP contribution < -0.4 is 5.32 Å². The van der Waals surface area contributed by atoms with Crippen LogP contribution in [0.15, 0.2) is 0 Å². The van der Waals surface area contributed by atoms with E-state index in [1.165, 1.54) is 0 Å². The first-order chi connectivity index (χ1) is 10.1. The predicted molar refractivity (Wildman–Crippen MR) is 75.0 cm³/mol. The Balaban J connectivity index is 1.62. The van der Waals surface area contributed by atoms with Crippen molar-refractivity contribution >= 4 is 5.91 Å². The van der Waals surface area contributed by atoms with E-state index in [-0.39, 0.29) is 11.5 Å². The second kappa shape index (κ2) is 5.11. The molecule has 0 unspecified atom stereocenters. The second-order valence-corrected chi connectivity index (χ2v) is 7.95. The summed E-state index contributed by atoms with van der Waals surface area (Å²) < 4.78 is 36.6. The molecule has 2 N–H and O–H groups in total. The molecule has 0 radical (unpaired) electrons. The molecule has 0 aromatic heterocycles. The molecule has 4 bridgehead atoms. The number of carbonyl (C=O) groups is 1. The summed E-state index contributed by atoms with van der Waals surface area (Å²) in [5, 5.41) is 13.5. The van der Waals surface area contributed by atoms with Crippen LogP contribution in [0.25, 0.3) is 0 Å². The second-order valence-electron chi connectivity index (χ2n) is 7.95. The van der Waals surface area contributed by atoms with Crippen molar-refractivity contribution in [2.24, 2.45) is 17.3 Å². The monoisotopic (exact) mass is 319 g/mol. The Morgan fingerprint density at radius 3 is 2.36 bits per heavy atom. The summed E-state index contributed by atoms with van der Waals surface area (Å²) in [6.07, 6.45) is -0.406. The van der Waals surface area contributed by atoms with Crippen LogP contribution in [-0.2, 0) is 4.79 Å². The van der Waals surface area contributed by atoms with E-state index >= 15 is 0 Å². The Morgan fingerprint density at radius 2 is 1.86 bits per heavy atom. The van der Waals surface area contributed by atoms with Crippen LogP contribution in [-0.4, -0.2) is 28.8 Å². The van der Waals surface area contributed by atoms with Crippen LogP contribution in [0.3, 0.4) is 0 Å². The van der Waals surface area contributed by atoms with Gasteiger partial charge in [0.1, 0.15) is 0 Å². The summed E-state index contributed by atoms with van der Waals surface area (Å²) in [6, 6.07) is -0.175. The number of hydrogen-bond acceptors (Lipinski definition) is 2. The number of aliphatic hydroxyl groups is 1. The molecule has 4 fully saturated rings. The first kappa shape index (κ1) is 16.1. The van der Waals surface area contributed by atoms with E-state index in [1.807, 2.05) is 6.92 Å². The highest BCUT2D eigenvalue weighted by atomic mass is 19.4. The molecule has 0 heterocycles. The van der Waals surface area contributed by atoms with Gasteiger partial charge in [-0.1, -0.05) is 0 Å². The molecule has 4 aliphatic carbocycles. The SMILES string of the molecule is C[C@@H](NC(=O)CCC(F)(F)F)C12C[C@H]3C[C@@H](CC(O)(C3)C1)C2. The van der Waals surface area contributed by atoms with E-state index in [4.69, 9.17) is 0 Å². The minimum Gasteiger partial charge on any atom is -0.390 e. The number of halogens is 3. The minimum atomic E-state index is -4.30. The van der Waals surface area contributed by atoms with Crippen LogP contribution in [0.5, 0.6) is 0 Å². The van der Waals surface area contributed by atoms with Crippen LogP contribution in [0.4, 0.5) is 13.2 Å². The highest BCUT2D eigenvalue weighted by Crippen LogP contribution is 2.62. The highest BCUT2D eigenvalue weighted by molar-refractivity contribution is 5.76. The van der Waals surface area contributed by atoms with Gasteiger partial charge in [0.25, 0.3) is 0 Å². The molecule has 0 aromatic carbocycles. The van der Waals surface area contributed by atoms with Crippen molar-refractivity contribution in [3.8, 4) is 0 Å². The molecule has 22 heavy (non-hydrogen) atoms. The molecule has 3 atom stereocenters. The lowest BCUT2D eigenvalue weighted by Crippen LogP contribution is -2.61. The number of carbonyl (C=O) groups excluding carboxylic acids is 1. The maximum Gasteiger partial charge on any atom is 0.389 e. The van der Waals surface area contributed by atoms with Gasteiger partial charge in [-0.05, 0) is 62.7 Å². The van der Waals surface area contributed by atoms with Gasteiger partial charge in [0.2, 0.25) is 5.91 Å². The van der Waals surface area contributed by atoms with Gasteiger partial charge in [0.15, 0.2) is 0 Å². The standard InChI is InChI=1S/C16H24F3NO2/c1-10(20-13(21)2-3-16(17,18)19)14-5-11-4-12(6-14)8-15(22,7-11)9-14/h10-12,22H,2-9H2,1H3,(H,20,21)/t10-,11-,12-,14?,15?/m1/s1. The van der Waals surface area contributed by atoms with E-state index in [1.54, 1.807) is 0 Å². The lowest BCUT2D eigenvalue weighted by Gasteiger charge is -2.62. The van der Waals surface area contributed by atoms with E-state index in [2.05, 4.69) is 5.32 Å². The topological polar surface area (TPSA) is 49.3 Å². The summed E-state index contributed by atoms with van der Waals surface area (Å²) in [5.74, 6) is 0.467. The van der Waals surface area contributed by atoms with Gasteiger partial charge < -0.3 is 10.4 Å². The summed E-state index contributed by atoms with van der Waals surface area (Å²) in [4.78, 5) is 11.8. The molecule has 6 heteroatoms. The summed E-state index contributed by atoms with van der Waals surface area (Å²) in [7, 11) is 0. The maximum absolute atomic E-state index is 12.2. The Kier molecular flexibility index (Phi) is 3.74. The summed E-state index contributed by atoms with van der Waals surface area (Å²) >= 11 is 0. The van der Waals surface area contributed by atoms with Crippen molar-refractivity contribution in [3.05, 3.63) is 0 Å². The Labute approximate surface area is 128 Å². The van der Waals surface area contributed by atoms with Crippen molar-refractivity contribution in [2.75, 3.05) is 0 Å². The summed E-state index contributed by atoms with van der Waals surface area (Å²) in [5.41, 5.74) is -0.748. The van der Waals surface area contributed by atoms with Crippen molar-refractivity contribution in [1.29, 1.82) is 0 Å². The molecular formula is C16H24F3NO2. The van der Waals surface area contributed by atoms with Gasteiger partial charge in [-0.25, -0.2) is 0 Å².